The number of benzene rings is 2. The van der Waals surface area contributed by atoms with Crippen LogP contribution in [0.3, 0.4) is 0 Å². The van der Waals surface area contributed by atoms with Crippen LogP contribution < -0.4 is 15.4 Å². The number of amides is 2. The van der Waals surface area contributed by atoms with Crippen LogP contribution in [0.5, 0.6) is 5.75 Å². The number of morpholine rings is 1. The Morgan fingerprint density at radius 2 is 1.88 bits per heavy atom. The summed E-state index contributed by atoms with van der Waals surface area (Å²) in [6.45, 7) is 1.33. The van der Waals surface area contributed by atoms with Crippen molar-refractivity contribution in [2.24, 2.45) is 0 Å². The molecule has 0 radical (unpaired) electrons. The predicted molar refractivity (Wildman–Crippen MR) is 126 cm³/mol. The minimum atomic E-state index is -3.62. The van der Waals surface area contributed by atoms with E-state index in [1.807, 2.05) is 6.07 Å². The Morgan fingerprint density at radius 1 is 1.12 bits per heavy atom. The van der Waals surface area contributed by atoms with Gasteiger partial charge in [0.2, 0.25) is 10.0 Å². The number of hydrogen-bond donors (Lipinski definition) is 2. The molecule has 2 aliphatic rings. The lowest BCUT2D eigenvalue weighted by atomic mass is 10.1. The average Bonchev–Trinajstić information content (AvgIpc) is 3.32. The van der Waals surface area contributed by atoms with Gasteiger partial charge in [-0.1, -0.05) is 0 Å². The second kappa shape index (κ2) is 9.14. The van der Waals surface area contributed by atoms with E-state index in [-0.39, 0.29) is 17.4 Å². The Kier molecular flexibility index (Phi) is 6.04. The quantitative estimate of drug-likeness (QED) is 0.551. The van der Waals surface area contributed by atoms with Crippen LogP contribution >= 0.6 is 11.3 Å². The largest absolute Gasteiger partial charge is 0.482 e. The van der Waals surface area contributed by atoms with Gasteiger partial charge in [0.1, 0.15) is 5.75 Å². The molecular weight excluding hydrogens is 480 g/mol. The van der Waals surface area contributed by atoms with E-state index in [1.165, 1.54) is 39.9 Å². The van der Waals surface area contributed by atoms with E-state index >= 15 is 0 Å². The molecule has 0 unspecified atom stereocenters. The van der Waals surface area contributed by atoms with E-state index in [9.17, 15) is 18.0 Å². The number of fused-ring (bicyclic) bond motifs is 1. The monoisotopic (exact) mass is 500 g/mol. The third-order valence-electron chi connectivity index (χ3n) is 5.36. The first kappa shape index (κ1) is 22.5. The fourth-order valence-electron chi connectivity index (χ4n) is 3.59. The van der Waals surface area contributed by atoms with Crippen LogP contribution in [-0.4, -0.2) is 62.4 Å². The van der Waals surface area contributed by atoms with E-state index in [2.05, 4.69) is 15.6 Å². The molecule has 1 aromatic heterocycles. The lowest BCUT2D eigenvalue weighted by molar-refractivity contribution is -0.118. The van der Waals surface area contributed by atoms with Gasteiger partial charge in [0.15, 0.2) is 11.7 Å². The summed E-state index contributed by atoms with van der Waals surface area (Å²) in [4.78, 5) is 28.8. The van der Waals surface area contributed by atoms with Crippen LogP contribution in [-0.2, 0) is 19.6 Å². The van der Waals surface area contributed by atoms with Gasteiger partial charge in [-0.2, -0.15) is 4.31 Å². The smallest absolute Gasteiger partial charge is 0.262 e. The SMILES string of the molecule is O=C1COc2ccc(-c3csc(NC(=O)c4ccc(S(=O)(=O)N5CCOCC5)cc4)n3)cc2N1. The summed E-state index contributed by atoms with van der Waals surface area (Å²) in [5, 5.41) is 7.68. The minimum Gasteiger partial charge on any atom is -0.482 e. The number of aromatic nitrogens is 1. The van der Waals surface area contributed by atoms with E-state index in [0.29, 0.717) is 54.1 Å². The summed E-state index contributed by atoms with van der Waals surface area (Å²) in [7, 11) is -3.62. The van der Waals surface area contributed by atoms with Gasteiger partial charge in [0.25, 0.3) is 11.8 Å². The molecule has 0 saturated carbocycles. The molecule has 176 valence electrons. The van der Waals surface area contributed by atoms with Gasteiger partial charge in [0.05, 0.1) is 29.5 Å². The van der Waals surface area contributed by atoms with Crippen LogP contribution in [0.4, 0.5) is 10.8 Å². The summed E-state index contributed by atoms with van der Waals surface area (Å²) in [5.41, 5.74) is 2.28. The average molecular weight is 501 g/mol. The van der Waals surface area contributed by atoms with Gasteiger partial charge in [-0.25, -0.2) is 13.4 Å². The van der Waals surface area contributed by atoms with E-state index < -0.39 is 15.9 Å². The summed E-state index contributed by atoms with van der Waals surface area (Å²) >= 11 is 1.26. The van der Waals surface area contributed by atoms with Crippen LogP contribution in [0, 0.1) is 0 Å². The molecule has 2 amide bonds. The van der Waals surface area contributed by atoms with Crippen molar-refractivity contribution in [2.45, 2.75) is 4.90 Å². The standard InChI is InChI=1S/C22H20N4O6S2/c27-20-12-32-19-6-3-15(11-17(19)23-20)18-13-33-22(24-18)25-21(28)14-1-4-16(5-2-14)34(29,30)26-7-9-31-10-8-26/h1-6,11,13H,7-10,12H2,(H,23,27)(H,24,25,28). The molecular formula is C22H20N4O6S2. The number of thiazole rings is 1. The topological polar surface area (TPSA) is 127 Å². The highest BCUT2D eigenvalue weighted by molar-refractivity contribution is 7.89. The molecule has 2 aromatic carbocycles. The van der Waals surface area contributed by atoms with Gasteiger partial charge in [-0.05, 0) is 42.5 Å². The van der Waals surface area contributed by atoms with Crippen molar-refractivity contribution >= 4 is 44.0 Å². The lowest BCUT2D eigenvalue weighted by Gasteiger charge is -2.26. The fraction of sp³-hybridized carbons (Fsp3) is 0.227. The molecule has 0 spiro atoms. The molecule has 10 nitrogen and oxygen atoms in total. The lowest BCUT2D eigenvalue weighted by Crippen LogP contribution is -2.40. The maximum atomic E-state index is 12.7. The first-order chi connectivity index (χ1) is 16.4. The molecule has 0 bridgehead atoms. The van der Waals surface area contributed by atoms with E-state index in [1.54, 1.807) is 17.5 Å². The second-order valence-corrected chi connectivity index (χ2v) is 10.4. The summed E-state index contributed by atoms with van der Waals surface area (Å²) in [6, 6.07) is 11.2. The van der Waals surface area contributed by atoms with Crippen molar-refractivity contribution in [2.75, 3.05) is 43.5 Å². The predicted octanol–water partition coefficient (Wildman–Crippen LogP) is 2.41. The van der Waals surface area contributed by atoms with Crippen LogP contribution in [0.15, 0.2) is 52.7 Å². The maximum absolute atomic E-state index is 12.7. The number of nitrogens with zero attached hydrogens (tertiary/aromatic N) is 2. The van der Waals surface area contributed by atoms with E-state index in [0.717, 1.165) is 5.56 Å². The Labute approximate surface area is 199 Å². The van der Waals surface area contributed by atoms with Crippen molar-refractivity contribution in [3.63, 3.8) is 0 Å². The zero-order valence-electron chi connectivity index (χ0n) is 17.8. The molecule has 1 fully saturated rings. The molecule has 3 heterocycles. The maximum Gasteiger partial charge on any atom is 0.262 e. The Morgan fingerprint density at radius 3 is 2.65 bits per heavy atom. The molecule has 0 atom stereocenters. The van der Waals surface area contributed by atoms with Crippen LogP contribution in [0.25, 0.3) is 11.3 Å². The number of carbonyl (C=O) groups is 2. The van der Waals surface area contributed by atoms with Crippen LogP contribution in [0.2, 0.25) is 0 Å². The van der Waals surface area contributed by atoms with Crippen molar-refractivity contribution in [1.82, 2.24) is 9.29 Å². The van der Waals surface area contributed by atoms with Crippen molar-refractivity contribution in [3.8, 4) is 17.0 Å². The number of anilines is 2. The highest BCUT2D eigenvalue weighted by Gasteiger charge is 2.26. The number of hydrogen-bond acceptors (Lipinski definition) is 8. The van der Waals surface area contributed by atoms with Gasteiger partial charge >= 0.3 is 0 Å². The normalized spacial score (nSPS) is 16.3. The molecule has 12 heteroatoms. The van der Waals surface area contributed by atoms with Crippen molar-refractivity contribution < 1.29 is 27.5 Å². The van der Waals surface area contributed by atoms with Gasteiger partial charge in [0, 0.05) is 29.6 Å². The second-order valence-electron chi connectivity index (χ2n) is 7.58. The number of sulfonamides is 1. The van der Waals surface area contributed by atoms with Gasteiger partial charge in [-0.3, -0.25) is 14.9 Å². The number of rotatable bonds is 5. The Balaban J connectivity index is 1.27. The first-order valence-corrected chi connectivity index (χ1v) is 12.7. The molecule has 2 aliphatic heterocycles. The van der Waals surface area contributed by atoms with Crippen molar-refractivity contribution in [3.05, 3.63) is 53.4 Å². The fourth-order valence-corrected chi connectivity index (χ4v) is 5.71. The number of ether oxygens (including phenoxy) is 2. The molecule has 34 heavy (non-hydrogen) atoms. The van der Waals surface area contributed by atoms with Crippen LogP contribution in [0.1, 0.15) is 10.4 Å². The molecule has 3 aromatic rings. The third-order valence-corrected chi connectivity index (χ3v) is 8.03. The highest BCUT2D eigenvalue weighted by atomic mass is 32.2. The summed E-state index contributed by atoms with van der Waals surface area (Å²) in [5.74, 6) is -0.0341. The molecule has 1 saturated heterocycles. The highest BCUT2D eigenvalue weighted by Crippen LogP contribution is 2.34. The summed E-state index contributed by atoms with van der Waals surface area (Å²) < 4.78 is 37.4. The van der Waals surface area contributed by atoms with E-state index in [4.69, 9.17) is 9.47 Å². The van der Waals surface area contributed by atoms with Gasteiger partial charge < -0.3 is 14.8 Å². The molecule has 0 aliphatic carbocycles. The number of carbonyl (C=O) groups excluding carboxylic acids is 2. The third kappa shape index (κ3) is 4.53. The Hall–Kier alpha value is -3.32. The molecule has 5 rings (SSSR count). The van der Waals surface area contributed by atoms with Gasteiger partial charge in [-0.15, -0.1) is 11.3 Å². The Bertz CT molecular complexity index is 1350. The minimum absolute atomic E-state index is 0.0145. The zero-order valence-corrected chi connectivity index (χ0v) is 19.4. The summed E-state index contributed by atoms with van der Waals surface area (Å²) in [6.07, 6.45) is 0. The number of nitrogens with one attached hydrogen (secondary N) is 2. The zero-order chi connectivity index (χ0) is 23.7. The van der Waals surface area contributed by atoms with Crippen molar-refractivity contribution in [1.29, 1.82) is 0 Å². The first-order valence-electron chi connectivity index (χ1n) is 10.4. The molecule has 2 N–H and O–H groups in total.